The summed E-state index contributed by atoms with van der Waals surface area (Å²) in [5.74, 6) is 1.11. The molecule has 9 heteroatoms. The standard InChI is InChI=1S/C23H25N7O2/c1-23(21(31)29(2)3)12-15(13-23)26-22-27-20(32-4)19-16(7-10-30(19)28-22)14-5-6-17-18(11-14)25-9-8-24-17/h5-11,15H,12-13H2,1-4H3,(H,26,28). The lowest BCUT2D eigenvalue weighted by Crippen LogP contribution is -2.52. The lowest BCUT2D eigenvalue weighted by Gasteiger charge is -2.45. The summed E-state index contributed by atoms with van der Waals surface area (Å²) in [6, 6.07) is 8.09. The third-order valence-electron chi connectivity index (χ3n) is 6.10. The summed E-state index contributed by atoms with van der Waals surface area (Å²) in [6.45, 7) is 2.00. The van der Waals surface area contributed by atoms with Gasteiger partial charge in [-0.15, -0.1) is 5.10 Å². The van der Waals surface area contributed by atoms with Gasteiger partial charge in [0.25, 0.3) is 0 Å². The molecule has 1 N–H and O–H groups in total. The summed E-state index contributed by atoms with van der Waals surface area (Å²) in [4.78, 5) is 27.4. The Morgan fingerprint density at radius 1 is 1.19 bits per heavy atom. The molecule has 164 valence electrons. The van der Waals surface area contributed by atoms with Crippen LogP contribution in [0.3, 0.4) is 0 Å². The number of anilines is 1. The van der Waals surface area contributed by atoms with Crippen LogP contribution >= 0.6 is 0 Å². The molecule has 3 heterocycles. The topological polar surface area (TPSA) is 97.5 Å². The van der Waals surface area contributed by atoms with Crippen LogP contribution in [0.2, 0.25) is 0 Å². The Hall–Kier alpha value is -3.75. The molecule has 1 amide bonds. The minimum Gasteiger partial charge on any atom is -0.479 e. The molecule has 0 aliphatic heterocycles. The van der Waals surface area contributed by atoms with Gasteiger partial charge in [-0.2, -0.15) is 4.98 Å². The summed E-state index contributed by atoms with van der Waals surface area (Å²) in [5.41, 5.74) is 4.04. The normalized spacial score (nSPS) is 20.2. The van der Waals surface area contributed by atoms with E-state index in [9.17, 15) is 4.79 Å². The van der Waals surface area contributed by atoms with Crippen molar-refractivity contribution in [3.8, 4) is 17.0 Å². The van der Waals surface area contributed by atoms with Crippen LogP contribution < -0.4 is 10.1 Å². The quantitative estimate of drug-likeness (QED) is 0.519. The van der Waals surface area contributed by atoms with Crippen molar-refractivity contribution in [1.29, 1.82) is 0 Å². The fourth-order valence-corrected chi connectivity index (χ4v) is 4.59. The summed E-state index contributed by atoms with van der Waals surface area (Å²) < 4.78 is 7.39. The lowest BCUT2D eigenvalue weighted by molar-refractivity contribution is -0.143. The fraction of sp³-hybridized carbons (Fsp3) is 0.348. The van der Waals surface area contributed by atoms with Gasteiger partial charge in [0.1, 0.15) is 5.52 Å². The van der Waals surface area contributed by atoms with Crippen molar-refractivity contribution in [2.24, 2.45) is 5.41 Å². The van der Waals surface area contributed by atoms with E-state index < -0.39 is 0 Å². The van der Waals surface area contributed by atoms with Gasteiger partial charge in [-0.25, -0.2) is 4.52 Å². The second kappa shape index (κ2) is 7.44. The van der Waals surface area contributed by atoms with Gasteiger partial charge in [-0.1, -0.05) is 13.0 Å². The van der Waals surface area contributed by atoms with Gasteiger partial charge in [-0.3, -0.25) is 14.8 Å². The number of fused-ring (bicyclic) bond motifs is 2. The molecule has 1 aromatic carbocycles. The second-order valence-electron chi connectivity index (χ2n) is 8.74. The number of carbonyl (C=O) groups excluding carboxylic acids is 1. The van der Waals surface area contributed by atoms with Gasteiger partial charge < -0.3 is 15.0 Å². The summed E-state index contributed by atoms with van der Waals surface area (Å²) in [5, 5.41) is 7.99. The molecule has 1 fully saturated rings. The third kappa shape index (κ3) is 3.30. The maximum absolute atomic E-state index is 12.4. The minimum absolute atomic E-state index is 0.139. The molecule has 9 nitrogen and oxygen atoms in total. The summed E-state index contributed by atoms with van der Waals surface area (Å²) in [6.07, 6.45) is 6.73. The van der Waals surface area contributed by atoms with Gasteiger partial charge in [-0.05, 0) is 36.6 Å². The molecule has 0 bridgehead atoms. The predicted octanol–water partition coefficient (Wildman–Crippen LogP) is 3.02. The number of amides is 1. The SMILES string of the molecule is COc1nc(NC2CC(C)(C(=O)N(C)C)C2)nn2ccc(-c3ccc4nccnc4c3)c12. The van der Waals surface area contributed by atoms with E-state index in [1.54, 1.807) is 43.0 Å². The molecule has 3 aromatic heterocycles. The second-order valence-corrected chi connectivity index (χ2v) is 8.74. The number of hydrogen-bond acceptors (Lipinski definition) is 7. The van der Waals surface area contributed by atoms with Gasteiger partial charge >= 0.3 is 0 Å². The van der Waals surface area contributed by atoms with Gasteiger partial charge in [0.05, 0.1) is 23.6 Å². The lowest BCUT2D eigenvalue weighted by atomic mass is 9.66. The monoisotopic (exact) mass is 431 g/mol. The molecule has 1 saturated carbocycles. The number of hydrogen-bond donors (Lipinski definition) is 1. The van der Waals surface area contributed by atoms with E-state index in [0.29, 0.717) is 11.8 Å². The zero-order valence-electron chi connectivity index (χ0n) is 18.5. The maximum Gasteiger partial charge on any atom is 0.244 e. The number of nitrogens with one attached hydrogen (secondary N) is 1. The van der Waals surface area contributed by atoms with Crippen LogP contribution in [0.1, 0.15) is 19.8 Å². The van der Waals surface area contributed by atoms with Crippen LogP contribution in [-0.2, 0) is 4.79 Å². The molecular formula is C23H25N7O2. The molecule has 5 rings (SSSR count). The van der Waals surface area contributed by atoms with Gasteiger partial charge in [0.2, 0.25) is 17.7 Å². The van der Waals surface area contributed by atoms with Crippen molar-refractivity contribution in [3.63, 3.8) is 0 Å². The first-order valence-corrected chi connectivity index (χ1v) is 10.5. The van der Waals surface area contributed by atoms with Crippen molar-refractivity contribution >= 4 is 28.4 Å². The molecule has 4 aromatic rings. The highest BCUT2D eigenvalue weighted by atomic mass is 16.5. The van der Waals surface area contributed by atoms with Crippen LogP contribution in [0.5, 0.6) is 5.88 Å². The van der Waals surface area contributed by atoms with Crippen molar-refractivity contribution in [2.75, 3.05) is 26.5 Å². The summed E-state index contributed by atoms with van der Waals surface area (Å²) in [7, 11) is 5.19. The zero-order chi connectivity index (χ0) is 22.5. The van der Waals surface area contributed by atoms with Crippen molar-refractivity contribution in [2.45, 2.75) is 25.8 Å². The van der Waals surface area contributed by atoms with Crippen molar-refractivity contribution in [1.82, 2.24) is 29.5 Å². The summed E-state index contributed by atoms with van der Waals surface area (Å²) >= 11 is 0. The van der Waals surface area contributed by atoms with Crippen LogP contribution in [0, 0.1) is 5.41 Å². The first kappa shape index (κ1) is 20.2. The Balaban J connectivity index is 1.44. The predicted molar refractivity (Wildman–Crippen MR) is 122 cm³/mol. The number of aromatic nitrogens is 5. The van der Waals surface area contributed by atoms with E-state index in [0.717, 1.165) is 40.5 Å². The number of nitrogens with zero attached hydrogens (tertiary/aromatic N) is 6. The van der Waals surface area contributed by atoms with Crippen LogP contribution in [0.4, 0.5) is 5.95 Å². The first-order valence-electron chi connectivity index (χ1n) is 10.5. The van der Waals surface area contributed by atoms with Gasteiger partial charge in [0, 0.05) is 44.3 Å². The number of benzene rings is 1. The Morgan fingerprint density at radius 2 is 1.94 bits per heavy atom. The van der Waals surface area contributed by atoms with E-state index in [4.69, 9.17) is 4.74 Å². The van der Waals surface area contributed by atoms with Crippen molar-refractivity contribution in [3.05, 3.63) is 42.9 Å². The Morgan fingerprint density at radius 3 is 2.66 bits per heavy atom. The number of carbonyl (C=O) groups is 1. The molecule has 0 unspecified atom stereocenters. The maximum atomic E-state index is 12.4. The van der Waals surface area contributed by atoms with Crippen molar-refractivity contribution < 1.29 is 9.53 Å². The molecule has 0 radical (unpaired) electrons. The molecule has 0 saturated heterocycles. The van der Waals surface area contributed by atoms with E-state index >= 15 is 0 Å². The minimum atomic E-state index is -0.338. The van der Waals surface area contributed by atoms with E-state index in [1.165, 1.54) is 0 Å². The molecule has 1 aliphatic rings. The largest absolute Gasteiger partial charge is 0.479 e. The van der Waals surface area contributed by atoms with E-state index in [2.05, 4.69) is 25.4 Å². The highest BCUT2D eigenvalue weighted by Gasteiger charge is 2.47. The van der Waals surface area contributed by atoms with E-state index in [-0.39, 0.29) is 17.4 Å². The number of ether oxygens (including phenoxy) is 1. The number of methoxy groups -OCH3 is 1. The average Bonchev–Trinajstić information content (AvgIpc) is 3.20. The molecule has 1 aliphatic carbocycles. The Bertz CT molecular complexity index is 1320. The fourth-order valence-electron chi connectivity index (χ4n) is 4.59. The van der Waals surface area contributed by atoms with Crippen LogP contribution in [0.15, 0.2) is 42.9 Å². The highest BCUT2D eigenvalue weighted by molar-refractivity contribution is 5.89. The number of rotatable bonds is 5. The van der Waals surface area contributed by atoms with Gasteiger partial charge in [0.15, 0.2) is 0 Å². The van der Waals surface area contributed by atoms with E-state index in [1.807, 2.05) is 37.4 Å². The molecule has 0 atom stereocenters. The van der Waals surface area contributed by atoms with Crippen LogP contribution in [-0.4, -0.2) is 62.6 Å². The smallest absolute Gasteiger partial charge is 0.244 e. The molecular weight excluding hydrogens is 406 g/mol. The third-order valence-corrected chi connectivity index (χ3v) is 6.10. The van der Waals surface area contributed by atoms with Crippen LogP contribution in [0.25, 0.3) is 27.7 Å². The first-order chi connectivity index (χ1) is 15.4. The molecule has 0 spiro atoms. The molecule has 32 heavy (non-hydrogen) atoms. The zero-order valence-corrected chi connectivity index (χ0v) is 18.5. The highest BCUT2D eigenvalue weighted by Crippen LogP contribution is 2.43. The Kier molecular flexibility index (Phi) is 4.69. The Labute approximate surface area is 185 Å². The average molecular weight is 432 g/mol.